The van der Waals surface area contributed by atoms with Crippen LogP contribution < -0.4 is 0 Å². The highest BCUT2D eigenvalue weighted by atomic mass is 16.6. The van der Waals surface area contributed by atoms with Crippen molar-refractivity contribution in [3.05, 3.63) is 34.9 Å². The second kappa shape index (κ2) is 8.06. The number of epoxide rings is 1. The summed E-state index contributed by atoms with van der Waals surface area (Å²) in [6.07, 6.45) is 9.17. The first-order valence-electron chi connectivity index (χ1n) is 9.20. The number of benzene rings is 1. The van der Waals surface area contributed by atoms with E-state index in [1.165, 1.54) is 18.4 Å². The first kappa shape index (κ1) is 18.9. The van der Waals surface area contributed by atoms with Crippen molar-refractivity contribution in [3.63, 3.8) is 0 Å². The number of hydrogen-bond acceptors (Lipinski definition) is 3. The van der Waals surface area contributed by atoms with Gasteiger partial charge in [0.05, 0.1) is 11.7 Å². The number of rotatable bonds is 9. The molecule has 2 N–H and O–H groups in total. The van der Waals surface area contributed by atoms with E-state index < -0.39 is 0 Å². The van der Waals surface area contributed by atoms with Gasteiger partial charge in [-0.15, -0.1) is 0 Å². The van der Waals surface area contributed by atoms with E-state index in [2.05, 4.69) is 33.8 Å². The molecule has 2 rings (SSSR count). The predicted molar refractivity (Wildman–Crippen MR) is 98.6 cm³/mol. The third-order valence-electron chi connectivity index (χ3n) is 4.95. The van der Waals surface area contributed by atoms with Gasteiger partial charge in [-0.1, -0.05) is 31.4 Å². The van der Waals surface area contributed by atoms with Gasteiger partial charge in [0, 0.05) is 12.0 Å². The quantitative estimate of drug-likeness (QED) is 0.367. The first-order valence-corrected chi connectivity index (χ1v) is 9.20. The molecule has 3 heteroatoms. The molecule has 0 saturated carbocycles. The summed E-state index contributed by atoms with van der Waals surface area (Å²) in [4.78, 5) is 0. The van der Waals surface area contributed by atoms with Crippen molar-refractivity contribution in [3.8, 4) is 11.5 Å². The summed E-state index contributed by atoms with van der Waals surface area (Å²) in [5, 5.41) is 20.6. The monoisotopic (exact) mass is 332 g/mol. The molecular weight excluding hydrogens is 300 g/mol. The maximum atomic E-state index is 10.3. The largest absolute Gasteiger partial charge is 0.508 e. The molecule has 0 aliphatic carbocycles. The fourth-order valence-electron chi connectivity index (χ4n) is 3.23. The molecule has 1 fully saturated rings. The zero-order valence-corrected chi connectivity index (χ0v) is 15.6. The third kappa shape index (κ3) is 5.01. The minimum atomic E-state index is -0.134. The molecule has 3 nitrogen and oxygen atoms in total. The Morgan fingerprint density at radius 2 is 1.88 bits per heavy atom. The standard InChI is InChI=1S/C21H32O3/c1-5-6-7-10-16-12-18(22)17(19(23)13-16)14-20-21(4,24-20)11-8-9-15(2)3/h9,12-13,20,22-23H,5-8,10-11,14H2,1-4H3/t20-,21-/m0/s1. The van der Waals surface area contributed by atoms with E-state index in [1.807, 2.05) is 0 Å². The molecule has 1 aromatic rings. The van der Waals surface area contributed by atoms with Gasteiger partial charge in [0.1, 0.15) is 11.5 Å². The molecule has 0 spiro atoms. The number of hydrogen-bond donors (Lipinski definition) is 2. The number of phenols is 2. The van der Waals surface area contributed by atoms with Crippen molar-refractivity contribution < 1.29 is 14.9 Å². The summed E-state index contributed by atoms with van der Waals surface area (Å²) in [6, 6.07) is 3.60. The highest BCUT2D eigenvalue weighted by Gasteiger charge is 2.51. The summed E-state index contributed by atoms with van der Waals surface area (Å²) in [5.41, 5.74) is 2.81. The average molecular weight is 332 g/mol. The topological polar surface area (TPSA) is 53.0 Å². The molecule has 1 saturated heterocycles. The predicted octanol–water partition coefficient (Wildman–Crippen LogP) is 5.28. The van der Waals surface area contributed by atoms with E-state index in [-0.39, 0.29) is 23.2 Å². The zero-order valence-electron chi connectivity index (χ0n) is 15.6. The minimum absolute atomic E-state index is 0.0748. The molecule has 0 aromatic heterocycles. The van der Waals surface area contributed by atoms with E-state index in [9.17, 15) is 10.2 Å². The lowest BCUT2D eigenvalue weighted by Crippen LogP contribution is -2.11. The van der Waals surface area contributed by atoms with Crippen molar-refractivity contribution >= 4 is 0 Å². The smallest absolute Gasteiger partial charge is 0.122 e. The molecule has 1 heterocycles. The zero-order chi connectivity index (χ0) is 17.7. The Kier molecular flexibility index (Phi) is 6.34. The van der Waals surface area contributed by atoms with Crippen LogP contribution in [0.1, 0.15) is 70.9 Å². The highest BCUT2D eigenvalue weighted by molar-refractivity contribution is 5.47. The van der Waals surface area contributed by atoms with E-state index in [1.54, 1.807) is 12.1 Å². The molecule has 1 aromatic carbocycles. The van der Waals surface area contributed by atoms with E-state index in [0.29, 0.717) is 12.0 Å². The molecule has 0 radical (unpaired) electrons. The Labute approximate surface area is 146 Å². The summed E-state index contributed by atoms with van der Waals surface area (Å²) in [5.74, 6) is 0.396. The maximum absolute atomic E-state index is 10.3. The second-order valence-corrected chi connectivity index (χ2v) is 7.51. The number of aromatic hydroxyl groups is 2. The molecule has 0 amide bonds. The van der Waals surface area contributed by atoms with Crippen molar-refractivity contribution in [1.29, 1.82) is 0 Å². The van der Waals surface area contributed by atoms with E-state index >= 15 is 0 Å². The lowest BCUT2D eigenvalue weighted by Gasteiger charge is -2.10. The van der Waals surface area contributed by atoms with Gasteiger partial charge in [-0.2, -0.15) is 0 Å². The van der Waals surface area contributed by atoms with E-state index in [0.717, 1.165) is 31.2 Å². The van der Waals surface area contributed by atoms with E-state index in [4.69, 9.17) is 4.74 Å². The molecular formula is C21H32O3. The molecule has 1 aliphatic rings. The van der Waals surface area contributed by atoms with Crippen LogP contribution in [0.15, 0.2) is 23.8 Å². The van der Waals surface area contributed by atoms with Gasteiger partial charge < -0.3 is 14.9 Å². The van der Waals surface area contributed by atoms with Crippen LogP contribution in [0.2, 0.25) is 0 Å². The fraction of sp³-hybridized carbons (Fsp3) is 0.619. The lowest BCUT2D eigenvalue weighted by molar-refractivity contribution is 0.296. The van der Waals surface area contributed by atoms with Gasteiger partial charge in [-0.25, -0.2) is 0 Å². The van der Waals surface area contributed by atoms with Crippen LogP contribution in [0.5, 0.6) is 11.5 Å². The minimum Gasteiger partial charge on any atom is -0.508 e. The highest BCUT2D eigenvalue weighted by Crippen LogP contribution is 2.45. The van der Waals surface area contributed by atoms with Crippen molar-refractivity contribution in [2.24, 2.45) is 0 Å². The maximum Gasteiger partial charge on any atom is 0.122 e. The Balaban J connectivity index is 1.95. The number of phenolic OH excluding ortho intramolecular Hbond substituents is 2. The summed E-state index contributed by atoms with van der Waals surface area (Å²) in [6.45, 7) is 8.49. The van der Waals surface area contributed by atoms with Gasteiger partial charge in [0.15, 0.2) is 0 Å². The van der Waals surface area contributed by atoms with Gasteiger partial charge in [-0.3, -0.25) is 0 Å². The number of unbranched alkanes of at least 4 members (excludes halogenated alkanes) is 2. The molecule has 134 valence electrons. The fourth-order valence-corrected chi connectivity index (χ4v) is 3.23. The van der Waals surface area contributed by atoms with Crippen LogP contribution in [0, 0.1) is 0 Å². The summed E-state index contributed by atoms with van der Waals surface area (Å²) >= 11 is 0. The van der Waals surface area contributed by atoms with Gasteiger partial charge >= 0.3 is 0 Å². The van der Waals surface area contributed by atoms with Crippen molar-refractivity contribution in [2.75, 3.05) is 0 Å². The molecule has 2 atom stereocenters. The van der Waals surface area contributed by atoms with Crippen LogP contribution in [0.4, 0.5) is 0 Å². The number of ether oxygens (including phenoxy) is 1. The van der Waals surface area contributed by atoms with Crippen LogP contribution in [0.25, 0.3) is 0 Å². The molecule has 24 heavy (non-hydrogen) atoms. The number of aryl methyl sites for hydroxylation is 1. The molecule has 0 unspecified atom stereocenters. The summed E-state index contributed by atoms with van der Waals surface area (Å²) < 4.78 is 5.86. The number of allylic oxidation sites excluding steroid dienone is 2. The Morgan fingerprint density at radius 1 is 1.21 bits per heavy atom. The molecule has 0 bridgehead atoms. The lowest BCUT2D eigenvalue weighted by atomic mass is 9.94. The summed E-state index contributed by atoms with van der Waals surface area (Å²) in [7, 11) is 0. The van der Waals surface area contributed by atoms with Crippen LogP contribution in [-0.4, -0.2) is 21.9 Å². The van der Waals surface area contributed by atoms with Crippen LogP contribution in [-0.2, 0) is 17.6 Å². The van der Waals surface area contributed by atoms with Crippen molar-refractivity contribution in [1.82, 2.24) is 0 Å². The second-order valence-electron chi connectivity index (χ2n) is 7.51. The molecule has 1 aliphatic heterocycles. The average Bonchev–Trinajstić information content (AvgIpc) is 3.13. The Bertz CT molecular complexity index is 564. The first-order chi connectivity index (χ1) is 11.4. The normalized spacial score (nSPS) is 22.4. The van der Waals surface area contributed by atoms with Gasteiger partial charge in [0.25, 0.3) is 0 Å². The van der Waals surface area contributed by atoms with Crippen molar-refractivity contribution in [2.45, 2.75) is 84.3 Å². The Morgan fingerprint density at radius 3 is 2.46 bits per heavy atom. The van der Waals surface area contributed by atoms with Crippen LogP contribution in [0.3, 0.4) is 0 Å². The van der Waals surface area contributed by atoms with Gasteiger partial charge in [-0.05, 0) is 64.2 Å². The third-order valence-corrected chi connectivity index (χ3v) is 4.95. The Hall–Kier alpha value is -1.48. The van der Waals surface area contributed by atoms with Crippen LogP contribution >= 0.6 is 0 Å². The SMILES string of the molecule is CCCCCc1cc(O)c(C[C@@H]2O[C@@]2(C)CCC=C(C)C)c(O)c1. The van der Waals surface area contributed by atoms with Gasteiger partial charge in [0.2, 0.25) is 0 Å².